The fraction of sp³-hybridized carbons (Fsp3) is 0.400. The maximum Gasteiger partial charge on any atom is 0.412 e. The van der Waals surface area contributed by atoms with Crippen molar-refractivity contribution in [3.05, 3.63) is 70.1 Å². The Morgan fingerprint density at radius 2 is 1.67 bits per heavy atom. The summed E-state index contributed by atoms with van der Waals surface area (Å²) < 4.78 is 5.27. The van der Waals surface area contributed by atoms with Gasteiger partial charge in [-0.2, -0.15) is 0 Å². The van der Waals surface area contributed by atoms with Gasteiger partial charge in [0.2, 0.25) is 0 Å². The smallest absolute Gasteiger partial charge is 0.412 e. The number of carbonyl (C=O) groups is 4. The van der Waals surface area contributed by atoms with Gasteiger partial charge in [0.1, 0.15) is 5.60 Å². The zero-order valence-corrected chi connectivity index (χ0v) is 23.9. The number of thioether (sulfide) groups is 1. The van der Waals surface area contributed by atoms with Gasteiger partial charge in [-0.15, -0.1) is 0 Å². The first-order valence-corrected chi connectivity index (χ1v) is 14.1. The van der Waals surface area contributed by atoms with Crippen LogP contribution < -0.4 is 10.6 Å². The Morgan fingerprint density at radius 1 is 0.974 bits per heavy atom. The zero-order valence-electron chi connectivity index (χ0n) is 23.0. The molecular formula is C30H37N3O5S. The summed E-state index contributed by atoms with van der Waals surface area (Å²) in [6, 6.07) is 14.7. The van der Waals surface area contributed by atoms with Crippen LogP contribution in [0.4, 0.5) is 15.3 Å². The lowest BCUT2D eigenvalue weighted by atomic mass is 10.1. The predicted molar refractivity (Wildman–Crippen MR) is 156 cm³/mol. The molecule has 9 heteroatoms. The molecule has 1 saturated heterocycles. The molecular weight excluding hydrogens is 514 g/mol. The van der Waals surface area contributed by atoms with Gasteiger partial charge in [-0.25, -0.2) is 4.79 Å². The highest BCUT2D eigenvalue weighted by atomic mass is 32.2. The molecule has 0 bridgehead atoms. The quantitative estimate of drug-likeness (QED) is 0.240. The molecule has 1 aliphatic rings. The number of para-hydroxylation sites is 1. The number of nitrogens with zero attached hydrogens (tertiary/aromatic N) is 1. The zero-order chi connectivity index (χ0) is 28.4. The maximum absolute atomic E-state index is 12.7. The summed E-state index contributed by atoms with van der Waals surface area (Å²) >= 11 is 0.984. The molecule has 0 aromatic heterocycles. The van der Waals surface area contributed by atoms with Crippen molar-refractivity contribution in [3.63, 3.8) is 0 Å². The molecule has 8 nitrogen and oxygen atoms in total. The van der Waals surface area contributed by atoms with Gasteiger partial charge < -0.3 is 10.1 Å². The van der Waals surface area contributed by atoms with Crippen LogP contribution in [0.15, 0.2) is 53.4 Å². The van der Waals surface area contributed by atoms with Crippen LogP contribution in [0.1, 0.15) is 74.9 Å². The normalized spacial score (nSPS) is 14.6. The summed E-state index contributed by atoms with van der Waals surface area (Å²) in [6.07, 6.45) is 5.22. The molecule has 1 aliphatic heterocycles. The average molecular weight is 552 g/mol. The van der Waals surface area contributed by atoms with E-state index >= 15 is 0 Å². The minimum absolute atomic E-state index is 0.234. The molecule has 0 saturated carbocycles. The van der Waals surface area contributed by atoms with E-state index in [0.29, 0.717) is 35.7 Å². The first kappa shape index (κ1) is 30.0. The van der Waals surface area contributed by atoms with E-state index in [9.17, 15) is 19.2 Å². The van der Waals surface area contributed by atoms with Crippen molar-refractivity contribution in [1.82, 2.24) is 10.2 Å². The number of benzene rings is 2. The number of nitrogens with one attached hydrogen (secondary N) is 2. The molecule has 0 aliphatic carbocycles. The van der Waals surface area contributed by atoms with Gasteiger partial charge in [-0.1, -0.05) is 56.2 Å². The number of imide groups is 1. The molecule has 0 unspecified atom stereocenters. The van der Waals surface area contributed by atoms with Crippen molar-refractivity contribution in [3.8, 4) is 0 Å². The average Bonchev–Trinajstić information content (AvgIpc) is 3.14. The Kier molecular flexibility index (Phi) is 10.7. The summed E-state index contributed by atoms with van der Waals surface area (Å²) in [5.74, 6) is -0.522. The number of rotatable bonds is 11. The fourth-order valence-electron chi connectivity index (χ4n) is 3.94. The molecule has 1 heterocycles. The molecule has 4 amide bonds. The number of unbranched alkanes of at least 4 members (excludes halogenated alkanes) is 3. The predicted octanol–water partition coefficient (Wildman–Crippen LogP) is 6.62. The standard InChI is InChI=1S/C30H37N3O5S/c1-5-21-14-16-22(17-15-21)20-25-27(35)33(29(37)39-25)19-11-7-6-10-18-31-26(34)23-12-8-9-13-24(23)32-28(36)38-30(2,3)4/h8-9,12-17,20H,5-7,10-11,18-19H2,1-4H3,(H,31,34)(H,32,36)/b25-20-. The number of aryl methyl sites for hydroxylation is 1. The van der Waals surface area contributed by atoms with Gasteiger partial charge >= 0.3 is 6.09 Å². The van der Waals surface area contributed by atoms with Crippen molar-refractivity contribution in [2.24, 2.45) is 0 Å². The second-order valence-electron chi connectivity index (χ2n) is 10.3. The molecule has 0 spiro atoms. The van der Waals surface area contributed by atoms with E-state index in [4.69, 9.17) is 4.74 Å². The molecule has 208 valence electrons. The van der Waals surface area contributed by atoms with Gasteiger partial charge in [0, 0.05) is 13.1 Å². The van der Waals surface area contributed by atoms with E-state index in [1.54, 1.807) is 51.1 Å². The van der Waals surface area contributed by atoms with Crippen LogP contribution in [0.5, 0.6) is 0 Å². The summed E-state index contributed by atoms with van der Waals surface area (Å²) in [5, 5.41) is 5.28. The Bertz CT molecular complexity index is 1220. The van der Waals surface area contributed by atoms with Crippen molar-refractivity contribution >= 4 is 46.7 Å². The Labute approximate surface area is 234 Å². The van der Waals surface area contributed by atoms with Crippen LogP contribution in [-0.4, -0.2) is 46.7 Å². The fourth-order valence-corrected chi connectivity index (χ4v) is 4.81. The molecule has 0 atom stereocenters. The second-order valence-corrected chi connectivity index (χ2v) is 11.3. The Balaban J connectivity index is 1.38. The topological polar surface area (TPSA) is 105 Å². The second kappa shape index (κ2) is 14.0. The van der Waals surface area contributed by atoms with Gasteiger partial charge in [0.25, 0.3) is 17.1 Å². The van der Waals surface area contributed by atoms with Crippen LogP contribution in [-0.2, 0) is 16.0 Å². The molecule has 2 N–H and O–H groups in total. The third kappa shape index (κ3) is 9.28. The van der Waals surface area contributed by atoms with Crippen molar-refractivity contribution in [1.29, 1.82) is 0 Å². The summed E-state index contributed by atoms with van der Waals surface area (Å²) in [5.41, 5.74) is 2.23. The number of hydrogen-bond acceptors (Lipinski definition) is 6. The molecule has 2 aromatic carbocycles. The van der Waals surface area contributed by atoms with Gasteiger partial charge in [-0.3, -0.25) is 24.6 Å². The van der Waals surface area contributed by atoms with Crippen LogP contribution in [0.3, 0.4) is 0 Å². The van der Waals surface area contributed by atoms with E-state index in [0.717, 1.165) is 43.0 Å². The monoisotopic (exact) mass is 551 g/mol. The van der Waals surface area contributed by atoms with Crippen LogP contribution in [0.25, 0.3) is 6.08 Å². The third-order valence-electron chi connectivity index (χ3n) is 5.96. The summed E-state index contributed by atoms with van der Waals surface area (Å²) in [6.45, 7) is 8.25. The van der Waals surface area contributed by atoms with E-state index in [1.165, 1.54) is 10.5 Å². The molecule has 1 fully saturated rings. The first-order chi connectivity index (χ1) is 18.6. The van der Waals surface area contributed by atoms with E-state index in [1.807, 2.05) is 24.3 Å². The molecule has 0 radical (unpaired) electrons. The van der Waals surface area contributed by atoms with Crippen LogP contribution >= 0.6 is 11.8 Å². The van der Waals surface area contributed by atoms with Gasteiger partial charge in [0.05, 0.1) is 16.2 Å². The lowest BCUT2D eigenvalue weighted by Crippen LogP contribution is -2.29. The number of anilines is 1. The number of ether oxygens (including phenoxy) is 1. The van der Waals surface area contributed by atoms with Crippen molar-refractivity contribution < 1.29 is 23.9 Å². The Hall–Kier alpha value is -3.59. The number of carbonyl (C=O) groups excluding carboxylic acids is 4. The van der Waals surface area contributed by atoms with E-state index in [-0.39, 0.29) is 17.1 Å². The van der Waals surface area contributed by atoms with Crippen molar-refractivity contribution in [2.75, 3.05) is 18.4 Å². The lowest BCUT2D eigenvalue weighted by Gasteiger charge is -2.20. The number of amides is 4. The van der Waals surface area contributed by atoms with Gasteiger partial charge in [0.15, 0.2) is 0 Å². The SMILES string of the molecule is CCc1ccc(/C=C2\SC(=O)N(CCCCCCNC(=O)c3ccccc3NC(=O)OC(C)(C)C)C2=O)cc1. The lowest BCUT2D eigenvalue weighted by molar-refractivity contribution is -0.122. The molecule has 2 aromatic rings. The highest BCUT2D eigenvalue weighted by molar-refractivity contribution is 8.18. The highest BCUT2D eigenvalue weighted by Crippen LogP contribution is 2.32. The third-order valence-corrected chi connectivity index (χ3v) is 6.87. The summed E-state index contributed by atoms with van der Waals surface area (Å²) in [4.78, 5) is 51.6. The van der Waals surface area contributed by atoms with Crippen molar-refractivity contribution in [2.45, 2.75) is 65.4 Å². The first-order valence-electron chi connectivity index (χ1n) is 13.3. The van der Waals surface area contributed by atoms with Crippen LogP contribution in [0.2, 0.25) is 0 Å². The van der Waals surface area contributed by atoms with Crippen LogP contribution in [0, 0.1) is 0 Å². The highest BCUT2D eigenvalue weighted by Gasteiger charge is 2.34. The summed E-state index contributed by atoms with van der Waals surface area (Å²) in [7, 11) is 0. The van der Waals surface area contributed by atoms with E-state index in [2.05, 4.69) is 17.6 Å². The molecule has 39 heavy (non-hydrogen) atoms. The minimum Gasteiger partial charge on any atom is -0.444 e. The Morgan fingerprint density at radius 3 is 2.36 bits per heavy atom. The van der Waals surface area contributed by atoms with Gasteiger partial charge in [-0.05, 0) is 81.1 Å². The maximum atomic E-state index is 12.7. The largest absolute Gasteiger partial charge is 0.444 e. The van der Waals surface area contributed by atoms with E-state index < -0.39 is 11.7 Å². The number of hydrogen-bond donors (Lipinski definition) is 2. The minimum atomic E-state index is -0.643. The molecule has 3 rings (SSSR count).